The molecule has 0 bridgehead atoms. The molecule has 2 aliphatic heterocycles. The number of amides is 4. The molecule has 2 aliphatic rings. The highest BCUT2D eigenvalue weighted by Gasteiger charge is 2.33. The molecule has 0 saturated carbocycles. The minimum Gasteiger partial charge on any atom is -0.336 e. The maximum absolute atomic E-state index is 12.5. The number of likely N-dealkylation sites (tertiary alicyclic amines) is 1. The molecule has 1 unspecified atom stereocenters. The average Bonchev–Trinajstić information content (AvgIpc) is 3.02. The smallest absolute Gasteiger partial charge is 0.317 e. The molecule has 2 saturated heterocycles. The van der Waals surface area contributed by atoms with E-state index in [1.165, 1.54) is 0 Å². The highest BCUT2D eigenvalue weighted by Crippen LogP contribution is 2.19. The van der Waals surface area contributed by atoms with Crippen LogP contribution in [0, 0.1) is 0 Å². The van der Waals surface area contributed by atoms with Crippen LogP contribution in [0.5, 0.6) is 0 Å². The van der Waals surface area contributed by atoms with Gasteiger partial charge in [0.25, 0.3) is 0 Å². The second-order valence-corrected chi connectivity index (χ2v) is 6.25. The molecule has 6 nitrogen and oxygen atoms in total. The lowest BCUT2D eigenvalue weighted by Crippen LogP contribution is -2.53. The van der Waals surface area contributed by atoms with Gasteiger partial charge in [-0.05, 0) is 25.3 Å². The van der Waals surface area contributed by atoms with Gasteiger partial charge >= 0.3 is 12.1 Å². The molecule has 0 aliphatic carbocycles. The predicted octanol–water partition coefficient (Wildman–Crippen LogP) is 1.95. The van der Waals surface area contributed by atoms with E-state index < -0.39 is 0 Å². The Labute approximate surface area is 136 Å². The molecule has 2 atom stereocenters. The summed E-state index contributed by atoms with van der Waals surface area (Å²) in [6.45, 7) is 4.79. The standard InChI is InChI=1S/C17H24N4O2/c1-13(14-6-3-2-4-7-14)19-17(23)20-10-5-8-15(12-20)21-11-9-18-16(21)22/h2-4,6-7,13,15H,5,8-12H2,1H3,(H,18,22)(H,19,23)/t13-,15?/m0/s1. The lowest BCUT2D eigenvalue weighted by Gasteiger charge is -2.37. The summed E-state index contributed by atoms with van der Waals surface area (Å²) in [7, 11) is 0. The zero-order valence-corrected chi connectivity index (χ0v) is 13.5. The van der Waals surface area contributed by atoms with Crippen molar-refractivity contribution >= 4 is 12.1 Å². The number of rotatable bonds is 3. The molecule has 0 spiro atoms. The van der Waals surface area contributed by atoms with Gasteiger partial charge in [-0.3, -0.25) is 0 Å². The maximum atomic E-state index is 12.5. The van der Waals surface area contributed by atoms with Gasteiger partial charge in [0.05, 0.1) is 12.1 Å². The molecule has 2 fully saturated rings. The molecule has 2 heterocycles. The van der Waals surface area contributed by atoms with Gasteiger partial charge in [0, 0.05) is 26.2 Å². The van der Waals surface area contributed by atoms with Crippen molar-refractivity contribution < 1.29 is 9.59 Å². The molecular formula is C17H24N4O2. The van der Waals surface area contributed by atoms with Crippen LogP contribution in [0.4, 0.5) is 9.59 Å². The van der Waals surface area contributed by atoms with Crippen LogP contribution in [0.2, 0.25) is 0 Å². The normalized spacial score (nSPS) is 22.7. The van der Waals surface area contributed by atoms with Crippen LogP contribution in [0.15, 0.2) is 30.3 Å². The van der Waals surface area contributed by atoms with Crippen LogP contribution in [0.1, 0.15) is 31.4 Å². The number of carbonyl (C=O) groups excluding carboxylic acids is 2. The van der Waals surface area contributed by atoms with Crippen molar-refractivity contribution in [2.24, 2.45) is 0 Å². The minimum absolute atomic E-state index is 0.00471. The number of carbonyl (C=O) groups is 2. The number of nitrogens with zero attached hydrogens (tertiary/aromatic N) is 2. The first-order valence-corrected chi connectivity index (χ1v) is 8.30. The molecule has 6 heteroatoms. The summed E-state index contributed by atoms with van der Waals surface area (Å²) in [5.41, 5.74) is 1.09. The van der Waals surface area contributed by atoms with Crippen LogP contribution in [-0.4, -0.2) is 54.1 Å². The van der Waals surface area contributed by atoms with Crippen molar-refractivity contribution in [1.82, 2.24) is 20.4 Å². The van der Waals surface area contributed by atoms with Crippen LogP contribution >= 0.6 is 0 Å². The van der Waals surface area contributed by atoms with E-state index in [0.29, 0.717) is 13.1 Å². The van der Waals surface area contributed by atoms with E-state index in [9.17, 15) is 9.59 Å². The van der Waals surface area contributed by atoms with Gasteiger partial charge in [0.1, 0.15) is 0 Å². The van der Waals surface area contributed by atoms with Crippen molar-refractivity contribution in [3.05, 3.63) is 35.9 Å². The fourth-order valence-electron chi connectivity index (χ4n) is 3.33. The molecule has 4 amide bonds. The largest absolute Gasteiger partial charge is 0.336 e. The van der Waals surface area contributed by atoms with Crippen LogP contribution in [0.25, 0.3) is 0 Å². The Hall–Kier alpha value is -2.24. The number of hydrogen-bond donors (Lipinski definition) is 2. The Morgan fingerprint density at radius 2 is 2.09 bits per heavy atom. The Balaban J connectivity index is 1.57. The highest BCUT2D eigenvalue weighted by molar-refractivity contribution is 5.77. The topological polar surface area (TPSA) is 64.7 Å². The van der Waals surface area contributed by atoms with Crippen LogP contribution < -0.4 is 10.6 Å². The molecule has 1 aromatic rings. The number of nitrogens with one attached hydrogen (secondary N) is 2. The number of urea groups is 2. The second kappa shape index (κ2) is 6.89. The van der Waals surface area contributed by atoms with Crippen molar-refractivity contribution in [2.75, 3.05) is 26.2 Å². The summed E-state index contributed by atoms with van der Waals surface area (Å²) in [6.07, 6.45) is 1.90. The lowest BCUT2D eigenvalue weighted by molar-refractivity contribution is 0.131. The van der Waals surface area contributed by atoms with Gasteiger partial charge in [-0.2, -0.15) is 0 Å². The third-order valence-electron chi connectivity index (χ3n) is 4.65. The van der Waals surface area contributed by atoms with Gasteiger partial charge in [-0.1, -0.05) is 30.3 Å². The van der Waals surface area contributed by atoms with Crippen molar-refractivity contribution in [1.29, 1.82) is 0 Å². The first-order chi connectivity index (χ1) is 11.1. The van der Waals surface area contributed by atoms with Crippen molar-refractivity contribution in [3.8, 4) is 0 Å². The van der Waals surface area contributed by atoms with Gasteiger partial charge in [-0.25, -0.2) is 9.59 Å². The molecule has 0 aromatic heterocycles. The molecule has 2 N–H and O–H groups in total. The minimum atomic E-state index is -0.0503. The monoisotopic (exact) mass is 316 g/mol. The Kier molecular flexibility index (Phi) is 4.69. The Bertz CT molecular complexity index is 563. The summed E-state index contributed by atoms with van der Waals surface area (Å²) < 4.78 is 0. The quantitative estimate of drug-likeness (QED) is 0.895. The first kappa shape index (κ1) is 15.6. The number of benzene rings is 1. The SMILES string of the molecule is C[C@H](NC(=O)N1CCCC(N2CCNC2=O)C1)c1ccccc1. The van der Waals surface area contributed by atoms with E-state index in [4.69, 9.17) is 0 Å². The lowest BCUT2D eigenvalue weighted by atomic mass is 10.0. The Morgan fingerprint density at radius 1 is 1.30 bits per heavy atom. The van der Waals surface area contributed by atoms with E-state index in [0.717, 1.165) is 31.5 Å². The summed E-state index contributed by atoms with van der Waals surface area (Å²) in [5.74, 6) is 0. The molecule has 23 heavy (non-hydrogen) atoms. The molecule has 0 radical (unpaired) electrons. The van der Waals surface area contributed by atoms with Crippen LogP contribution in [0.3, 0.4) is 0 Å². The van der Waals surface area contributed by atoms with Gasteiger partial charge in [0.2, 0.25) is 0 Å². The number of piperidine rings is 1. The van der Waals surface area contributed by atoms with E-state index in [1.54, 1.807) is 0 Å². The molecular weight excluding hydrogens is 292 g/mol. The van der Waals surface area contributed by atoms with Crippen molar-refractivity contribution in [3.63, 3.8) is 0 Å². The van der Waals surface area contributed by atoms with E-state index in [1.807, 2.05) is 47.1 Å². The van der Waals surface area contributed by atoms with Gasteiger partial charge in [0.15, 0.2) is 0 Å². The summed E-state index contributed by atoms with van der Waals surface area (Å²) in [6, 6.07) is 9.98. The fourth-order valence-corrected chi connectivity index (χ4v) is 3.33. The third-order valence-corrected chi connectivity index (χ3v) is 4.65. The molecule has 124 valence electrons. The van der Waals surface area contributed by atoms with Crippen LogP contribution in [-0.2, 0) is 0 Å². The van der Waals surface area contributed by atoms with E-state index in [-0.39, 0.29) is 24.1 Å². The second-order valence-electron chi connectivity index (χ2n) is 6.25. The molecule has 3 rings (SSSR count). The summed E-state index contributed by atoms with van der Waals surface area (Å²) in [5, 5.41) is 5.89. The zero-order chi connectivity index (χ0) is 16.2. The zero-order valence-electron chi connectivity index (χ0n) is 13.5. The van der Waals surface area contributed by atoms with Crippen molar-refractivity contribution in [2.45, 2.75) is 31.8 Å². The summed E-state index contributed by atoms with van der Waals surface area (Å²) >= 11 is 0. The predicted molar refractivity (Wildman–Crippen MR) is 88.1 cm³/mol. The fraction of sp³-hybridized carbons (Fsp3) is 0.529. The van der Waals surface area contributed by atoms with Gasteiger partial charge in [-0.15, -0.1) is 0 Å². The number of hydrogen-bond acceptors (Lipinski definition) is 2. The maximum Gasteiger partial charge on any atom is 0.317 e. The average molecular weight is 316 g/mol. The highest BCUT2D eigenvalue weighted by atomic mass is 16.2. The van der Waals surface area contributed by atoms with E-state index >= 15 is 0 Å². The van der Waals surface area contributed by atoms with E-state index in [2.05, 4.69) is 10.6 Å². The summed E-state index contributed by atoms with van der Waals surface area (Å²) in [4.78, 5) is 28.0. The molecule has 1 aromatic carbocycles. The van der Waals surface area contributed by atoms with Gasteiger partial charge < -0.3 is 20.4 Å². The first-order valence-electron chi connectivity index (χ1n) is 8.30. The third kappa shape index (κ3) is 3.57. The Morgan fingerprint density at radius 3 is 2.78 bits per heavy atom.